The van der Waals surface area contributed by atoms with Crippen LogP contribution in [0.15, 0.2) is 55.1 Å². The fourth-order valence-corrected chi connectivity index (χ4v) is 3.40. The third-order valence-electron chi connectivity index (χ3n) is 4.98. The van der Waals surface area contributed by atoms with Crippen molar-refractivity contribution in [2.75, 3.05) is 0 Å². The van der Waals surface area contributed by atoms with E-state index in [1.165, 1.54) is 0 Å². The Morgan fingerprint density at radius 2 is 1.67 bits per heavy atom. The quantitative estimate of drug-likeness (QED) is 0.461. The average Bonchev–Trinajstić information content (AvgIpc) is 2.64. The maximum atomic E-state index is 10.5. The second-order valence-corrected chi connectivity index (χ2v) is 7.20. The Hall–Kier alpha value is -2.36. The molecule has 0 heterocycles. The molecule has 27 heavy (non-hydrogen) atoms. The van der Waals surface area contributed by atoms with Gasteiger partial charge in [-0.2, -0.15) is 0 Å². The summed E-state index contributed by atoms with van der Waals surface area (Å²) >= 11 is 0. The van der Waals surface area contributed by atoms with E-state index in [1.54, 1.807) is 13.0 Å². The summed E-state index contributed by atoms with van der Waals surface area (Å²) in [5, 5.41) is 30.3. The van der Waals surface area contributed by atoms with Gasteiger partial charge in [-0.25, -0.2) is 0 Å². The number of rotatable bonds is 8. The molecule has 0 saturated carbocycles. The molecule has 2 rings (SSSR count). The molecule has 0 aliphatic carbocycles. The lowest BCUT2D eigenvalue weighted by Crippen LogP contribution is -2.28. The Labute approximate surface area is 162 Å². The Kier molecular flexibility index (Phi) is 7.40. The van der Waals surface area contributed by atoms with Crippen molar-refractivity contribution < 1.29 is 15.3 Å². The van der Waals surface area contributed by atoms with Crippen LogP contribution >= 0.6 is 0 Å². The zero-order valence-electron chi connectivity index (χ0n) is 16.4. The number of aryl methyl sites for hydroxylation is 2. The Bertz CT molecular complexity index is 768. The SMILES string of the molecule is C=C[C@H]([C@H](O)CC/C(=C/c1cc(C)c(O)c(C)c1)c1ccccc1)[C@@H](C)O. The standard InChI is InChI=1S/C24H30O3/c1-5-22(18(4)25)23(26)12-11-21(20-9-7-6-8-10-20)15-19-13-16(2)24(27)17(3)14-19/h5-10,13-15,18,22-23,25-27H,1,11-12H2,2-4H3/b21-15-/t18-,22+,23-/m1/s1. The van der Waals surface area contributed by atoms with Gasteiger partial charge in [-0.05, 0) is 73.6 Å². The minimum absolute atomic E-state index is 0.328. The minimum atomic E-state index is -0.655. The predicted octanol–water partition coefficient (Wildman–Crippen LogP) is 4.87. The summed E-state index contributed by atoms with van der Waals surface area (Å²) in [5.41, 5.74) is 4.91. The first-order valence-electron chi connectivity index (χ1n) is 9.38. The molecule has 3 heteroatoms. The first-order valence-corrected chi connectivity index (χ1v) is 9.38. The number of phenolic OH excluding ortho intramolecular Hbond substituents is 1. The topological polar surface area (TPSA) is 60.7 Å². The highest BCUT2D eigenvalue weighted by molar-refractivity contribution is 5.82. The van der Waals surface area contributed by atoms with Crippen LogP contribution in [0.25, 0.3) is 11.6 Å². The van der Waals surface area contributed by atoms with E-state index in [1.807, 2.05) is 44.2 Å². The lowest BCUT2D eigenvalue weighted by Gasteiger charge is -2.22. The largest absolute Gasteiger partial charge is 0.507 e. The lowest BCUT2D eigenvalue weighted by atomic mass is 9.90. The molecule has 2 aromatic carbocycles. The van der Waals surface area contributed by atoms with Crippen molar-refractivity contribution in [1.29, 1.82) is 0 Å². The molecule has 0 amide bonds. The fraction of sp³-hybridized carbons (Fsp3) is 0.333. The number of allylic oxidation sites excluding steroid dienone is 1. The summed E-state index contributed by atoms with van der Waals surface area (Å²) in [7, 11) is 0. The molecule has 0 unspecified atom stereocenters. The van der Waals surface area contributed by atoms with Gasteiger partial charge in [-0.1, -0.05) is 42.5 Å². The van der Waals surface area contributed by atoms with Crippen molar-refractivity contribution in [2.24, 2.45) is 5.92 Å². The van der Waals surface area contributed by atoms with Gasteiger partial charge in [-0.15, -0.1) is 6.58 Å². The number of hydrogen-bond acceptors (Lipinski definition) is 3. The molecule has 3 atom stereocenters. The number of aromatic hydroxyl groups is 1. The third kappa shape index (κ3) is 5.56. The maximum Gasteiger partial charge on any atom is 0.121 e. The maximum absolute atomic E-state index is 10.5. The van der Waals surface area contributed by atoms with Gasteiger partial charge in [0.15, 0.2) is 0 Å². The molecule has 0 bridgehead atoms. The van der Waals surface area contributed by atoms with Crippen molar-refractivity contribution in [1.82, 2.24) is 0 Å². The fourth-order valence-electron chi connectivity index (χ4n) is 3.40. The van der Waals surface area contributed by atoms with Crippen molar-refractivity contribution in [3.8, 4) is 5.75 Å². The van der Waals surface area contributed by atoms with Crippen LogP contribution in [0, 0.1) is 19.8 Å². The van der Waals surface area contributed by atoms with Crippen LogP contribution in [0.2, 0.25) is 0 Å². The summed E-state index contributed by atoms with van der Waals surface area (Å²) in [5.74, 6) is -0.0187. The summed E-state index contributed by atoms with van der Waals surface area (Å²) in [4.78, 5) is 0. The van der Waals surface area contributed by atoms with E-state index in [0.717, 1.165) is 27.8 Å². The molecule has 0 radical (unpaired) electrons. The first-order chi connectivity index (χ1) is 12.8. The van der Waals surface area contributed by atoms with E-state index in [0.29, 0.717) is 18.6 Å². The van der Waals surface area contributed by atoms with Crippen LogP contribution < -0.4 is 0 Å². The highest BCUT2D eigenvalue weighted by Crippen LogP contribution is 2.29. The molecule has 0 aliphatic heterocycles. The van der Waals surface area contributed by atoms with Crippen LogP contribution in [-0.2, 0) is 0 Å². The Morgan fingerprint density at radius 1 is 1.07 bits per heavy atom. The summed E-state index contributed by atoms with van der Waals surface area (Å²) in [6.45, 7) is 9.18. The van der Waals surface area contributed by atoms with Crippen LogP contribution in [-0.4, -0.2) is 27.5 Å². The number of aliphatic hydroxyl groups excluding tert-OH is 2. The summed E-state index contributed by atoms with van der Waals surface area (Å²) in [6, 6.07) is 14.0. The zero-order valence-corrected chi connectivity index (χ0v) is 16.4. The lowest BCUT2D eigenvalue weighted by molar-refractivity contribution is 0.0429. The predicted molar refractivity (Wildman–Crippen MR) is 113 cm³/mol. The normalized spacial score (nSPS) is 15.2. The second-order valence-electron chi connectivity index (χ2n) is 7.20. The van der Waals surface area contributed by atoms with Crippen molar-refractivity contribution in [3.63, 3.8) is 0 Å². The molecule has 0 aromatic heterocycles. The average molecular weight is 367 g/mol. The van der Waals surface area contributed by atoms with Crippen molar-refractivity contribution in [3.05, 3.63) is 77.4 Å². The van der Waals surface area contributed by atoms with Crippen LogP contribution in [0.1, 0.15) is 42.0 Å². The zero-order chi connectivity index (χ0) is 20.0. The van der Waals surface area contributed by atoms with Crippen molar-refractivity contribution in [2.45, 2.75) is 45.8 Å². The minimum Gasteiger partial charge on any atom is -0.507 e. The van der Waals surface area contributed by atoms with Gasteiger partial charge in [0.2, 0.25) is 0 Å². The van der Waals surface area contributed by atoms with Gasteiger partial charge in [0.25, 0.3) is 0 Å². The second kappa shape index (κ2) is 9.54. The summed E-state index contributed by atoms with van der Waals surface area (Å²) < 4.78 is 0. The highest BCUT2D eigenvalue weighted by Gasteiger charge is 2.21. The number of phenols is 1. The van der Waals surface area contributed by atoms with Gasteiger partial charge in [-0.3, -0.25) is 0 Å². The van der Waals surface area contributed by atoms with Crippen LogP contribution in [0.3, 0.4) is 0 Å². The first kappa shape index (κ1) is 20.9. The molecular formula is C24H30O3. The van der Waals surface area contributed by atoms with Gasteiger partial charge in [0.1, 0.15) is 5.75 Å². The van der Waals surface area contributed by atoms with Gasteiger partial charge in [0, 0.05) is 5.92 Å². The van der Waals surface area contributed by atoms with E-state index in [9.17, 15) is 15.3 Å². The Balaban J connectivity index is 2.32. The van der Waals surface area contributed by atoms with Crippen molar-refractivity contribution >= 4 is 11.6 Å². The smallest absolute Gasteiger partial charge is 0.121 e. The monoisotopic (exact) mass is 366 g/mol. The molecule has 144 valence electrons. The number of aliphatic hydroxyl groups is 2. The summed E-state index contributed by atoms with van der Waals surface area (Å²) in [6.07, 6.45) is 3.63. The molecule has 2 aromatic rings. The molecule has 0 aliphatic rings. The Morgan fingerprint density at radius 3 is 2.19 bits per heavy atom. The van der Waals surface area contributed by atoms with E-state index < -0.39 is 12.2 Å². The van der Waals surface area contributed by atoms with Crippen LogP contribution in [0.4, 0.5) is 0 Å². The van der Waals surface area contributed by atoms with Gasteiger partial charge >= 0.3 is 0 Å². The number of hydrogen-bond donors (Lipinski definition) is 3. The molecular weight excluding hydrogens is 336 g/mol. The molecule has 0 spiro atoms. The molecule has 3 N–H and O–H groups in total. The van der Waals surface area contributed by atoms with E-state index in [4.69, 9.17) is 0 Å². The highest BCUT2D eigenvalue weighted by atomic mass is 16.3. The van der Waals surface area contributed by atoms with Gasteiger partial charge < -0.3 is 15.3 Å². The van der Waals surface area contributed by atoms with Gasteiger partial charge in [0.05, 0.1) is 12.2 Å². The van der Waals surface area contributed by atoms with E-state index in [2.05, 4.69) is 24.8 Å². The van der Waals surface area contributed by atoms with Crippen LogP contribution in [0.5, 0.6) is 5.75 Å². The molecule has 3 nitrogen and oxygen atoms in total. The molecule has 0 fully saturated rings. The third-order valence-corrected chi connectivity index (χ3v) is 4.98. The van der Waals surface area contributed by atoms with E-state index >= 15 is 0 Å². The van der Waals surface area contributed by atoms with E-state index in [-0.39, 0.29) is 5.92 Å². The molecule has 0 saturated heterocycles. The number of benzene rings is 2.